The lowest BCUT2D eigenvalue weighted by atomic mass is 10.1. The quantitative estimate of drug-likeness (QED) is 0.894. The third-order valence-electron chi connectivity index (χ3n) is 2.30. The summed E-state index contributed by atoms with van der Waals surface area (Å²) in [5.74, 6) is -1.23. The van der Waals surface area contributed by atoms with Gasteiger partial charge in [-0.3, -0.25) is 4.79 Å². The molecule has 0 unspecified atom stereocenters. The van der Waals surface area contributed by atoms with E-state index in [-0.39, 0.29) is 5.56 Å². The number of pyridine rings is 1. The molecule has 0 radical (unpaired) electrons. The van der Waals surface area contributed by atoms with Crippen LogP contribution in [-0.4, -0.2) is 16.1 Å². The Bertz CT molecular complexity index is 616. The van der Waals surface area contributed by atoms with Crippen molar-refractivity contribution >= 4 is 21.9 Å². The predicted octanol–water partition coefficient (Wildman–Crippen LogP) is 2.50. The maximum absolute atomic E-state index is 11.5. The molecule has 0 atom stereocenters. The van der Waals surface area contributed by atoms with E-state index in [1.165, 1.54) is 6.07 Å². The summed E-state index contributed by atoms with van der Waals surface area (Å²) < 4.78 is 0.936. The number of H-pyrrole nitrogens is 1. The van der Waals surface area contributed by atoms with E-state index in [1.54, 1.807) is 6.07 Å². The number of aromatic carboxylic acids is 1. The van der Waals surface area contributed by atoms with E-state index in [0.29, 0.717) is 5.69 Å². The number of benzene rings is 1. The van der Waals surface area contributed by atoms with Gasteiger partial charge in [0.05, 0.1) is 0 Å². The van der Waals surface area contributed by atoms with Crippen LogP contribution in [-0.2, 0) is 0 Å². The highest BCUT2D eigenvalue weighted by molar-refractivity contribution is 9.10. The van der Waals surface area contributed by atoms with Gasteiger partial charge in [-0.05, 0) is 29.8 Å². The van der Waals surface area contributed by atoms with Crippen LogP contribution >= 0.6 is 15.9 Å². The Balaban J connectivity index is 2.48. The Kier molecular flexibility index (Phi) is 3.10. The lowest BCUT2D eigenvalue weighted by Gasteiger charge is -2.02. The second-order valence-corrected chi connectivity index (χ2v) is 4.34. The Morgan fingerprint density at radius 2 is 1.76 bits per heavy atom. The Hall–Kier alpha value is -1.88. The molecule has 0 saturated carbocycles. The molecule has 2 N–H and O–H groups in total. The second-order valence-electron chi connectivity index (χ2n) is 3.43. The van der Waals surface area contributed by atoms with Gasteiger partial charge in [-0.15, -0.1) is 0 Å². The van der Waals surface area contributed by atoms with Crippen LogP contribution in [0.4, 0.5) is 0 Å². The summed E-state index contributed by atoms with van der Waals surface area (Å²) in [5.41, 5.74) is 0.554. The molecule has 2 aromatic rings. The molecule has 1 aromatic heterocycles. The highest BCUT2D eigenvalue weighted by Gasteiger charge is 2.09. The van der Waals surface area contributed by atoms with Crippen LogP contribution in [0.1, 0.15) is 10.4 Å². The van der Waals surface area contributed by atoms with E-state index >= 15 is 0 Å². The van der Waals surface area contributed by atoms with Gasteiger partial charge in [0.15, 0.2) is 0 Å². The van der Waals surface area contributed by atoms with Crippen molar-refractivity contribution in [3.8, 4) is 11.3 Å². The number of carbonyl (C=O) groups is 1. The molecule has 0 aliphatic heterocycles. The molecule has 0 amide bonds. The molecule has 0 fully saturated rings. The van der Waals surface area contributed by atoms with Crippen molar-refractivity contribution < 1.29 is 9.90 Å². The molecular formula is C12H8BrNO3. The number of aromatic amines is 1. The fourth-order valence-corrected chi connectivity index (χ4v) is 1.70. The predicted molar refractivity (Wildman–Crippen MR) is 67.2 cm³/mol. The standard InChI is InChI=1S/C12H8BrNO3/c13-8-3-1-7(2-4-8)10-6-5-9(12(16)17)11(15)14-10/h1-6H,(H,14,15)(H,16,17). The van der Waals surface area contributed by atoms with Gasteiger partial charge in [0.2, 0.25) is 0 Å². The SMILES string of the molecule is O=C(O)c1ccc(-c2ccc(Br)cc2)[nH]c1=O. The van der Waals surface area contributed by atoms with E-state index in [9.17, 15) is 9.59 Å². The lowest BCUT2D eigenvalue weighted by Crippen LogP contribution is -2.17. The first kappa shape index (κ1) is 11.6. The monoisotopic (exact) mass is 293 g/mol. The highest BCUT2D eigenvalue weighted by atomic mass is 79.9. The third-order valence-corrected chi connectivity index (χ3v) is 2.82. The van der Waals surface area contributed by atoms with Crippen molar-refractivity contribution in [3.63, 3.8) is 0 Å². The van der Waals surface area contributed by atoms with Crippen LogP contribution in [0.3, 0.4) is 0 Å². The van der Waals surface area contributed by atoms with E-state index in [4.69, 9.17) is 5.11 Å². The zero-order valence-corrected chi connectivity index (χ0v) is 10.2. The lowest BCUT2D eigenvalue weighted by molar-refractivity contribution is 0.0695. The number of carboxylic acids is 1. The maximum atomic E-state index is 11.5. The number of carboxylic acid groups (broad SMARTS) is 1. The van der Waals surface area contributed by atoms with E-state index in [0.717, 1.165) is 10.0 Å². The van der Waals surface area contributed by atoms with Gasteiger partial charge in [0.1, 0.15) is 5.56 Å². The first-order valence-electron chi connectivity index (χ1n) is 4.80. The van der Waals surface area contributed by atoms with Crippen LogP contribution < -0.4 is 5.56 Å². The summed E-state index contributed by atoms with van der Waals surface area (Å²) in [6, 6.07) is 10.2. The molecule has 5 heteroatoms. The Labute approximate surface area is 105 Å². The van der Waals surface area contributed by atoms with Crippen LogP contribution in [0, 0.1) is 0 Å². The fourth-order valence-electron chi connectivity index (χ4n) is 1.44. The average Bonchev–Trinajstić information content (AvgIpc) is 2.29. The minimum atomic E-state index is -1.23. The van der Waals surface area contributed by atoms with Crippen molar-refractivity contribution in [1.82, 2.24) is 4.98 Å². The Morgan fingerprint density at radius 3 is 2.29 bits per heavy atom. The average molecular weight is 294 g/mol. The molecule has 0 spiro atoms. The summed E-state index contributed by atoms with van der Waals surface area (Å²) in [4.78, 5) is 24.7. The van der Waals surface area contributed by atoms with Crippen LogP contribution in [0.2, 0.25) is 0 Å². The van der Waals surface area contributed by atoms with Crippen LogP contribution in [0.25, 0.3) is 11.3 Å². The van der Waals surface area contributed by atoms with Gasteiger partial charge in [0, 0.05) is 10.2 Å². The number of hydrogen-bond donors (Lipinski definition) is 2. The van der Waals surface area contributed by atoms with Crippen LogP contribution in [0.5, 0.6) is 0 Å². The molecule has 2 rings (SSSR count). The zero-order chi connectivity index (χ0) is 12.4. The van der Waals surface area contributed by atoms with E-state index in [2.05, 4.69) is 20.9 Å². The fraction of sp³-hybridized carbons (Fsp3) is 0. The summed E-state index contributed by atoms with van der Waals surface area (Å²) in [5, 5.41) is 8.74. The third kappa shape index (κ3) is 2.45. The molecule has 0 aliphatic rings. The second kappa shape index (κ2) is 4.55. The summed E-state index contributed by atoms with van der Waals surface area (Å²) in [6.07, 6.45) is 0. The molecule has 0 saturated heterocycles. The number of aromatic nitrogens is 1. The van der Waals surface area contributed by atoms with Gasteiger partial charge < -0.3 is 10.1 Å². The molecular weight excluding hydrogens is 286 g/mol. The van der Waals surface area contributed by atoms with Gasteiger partial charge in [0.25, 0.3) is 5.56 Å². The van der Waals surface area contributed by atoms with Crippen molar-refractivity contribution in [2.45, 2.75) is 0 Å². The number of nitrogens with one attached hydrogen (secondary N) is 1. The minimum Gasteiger partial charge on any atom is -0.477 e. The molecule has 4 nitrogen and oxygen atoms in total. The highest BCUT2D eigenvalue weighted by Crippen LogP contribution is 2.18. The first-order chi connectivity index (χ1) is 8.08. The molecule has 1 heterocycles. The van der Waals surface area contributed by atoms with E-state index in [1.807, 2.05) is 24.3 Å². The normalized spacial score (nSPS) is 10.2. The summed E-state index contributed by atoms with van der Waals surface area (Å²) >= 11 is 3.31. The molecule has 0 bridgehead atoms. The molecule has 0 aliphatic carbocycles. The Morgan fingerprint density at radius 1 is 1.12 bits per heavy atom. The number of hydrogen-bond acceptors (Lipinski definition) is 2. The van der Waals surface area contributed by atoms with Gasteiger partial charge in [-0.1, -0.05) is 28.1 Å². The zero-order valence-electron chi connectivity index (χ0n) is 8.61. The van der Waals surface area contributed by atoms with Crippen molar-refractivity contribution in [1.29, 1.82) is 0 Å². The summed E-state index contributed by atoms with van der Waals surface area (Å²) in [6.45, 7) is 0. The first-order valence-corrected chi connectivity index (χ1v) is 5.60. The van der Waals surface area contributed by atoms with Gasteiger partial charge in [-0.2, -0.15) is 0 Å². The number of halogens is 1. The largest absolute Gasteiger partial charge is 0.477 e. The summed E-state index contributed by atoms with van der Waals surface area (Å²) in [7, 11) is 0. The molecule has 1 aromatic carbocycles. The molecule has 17 heavy (non-hydrogen) atoms. The maximum Gasteiger partial charge on any atom is 0.341 e. The van der Waals surface area contributed by atoms with Crippen molar-refractivity contribution in [3.05, 3.63) is 56.8 Å². The molecule has 86 valence electrons. The topological polar surface area (TPSA) is 70.2 Å². The van der Waals surface area contributed by atoms with E-state index < -0.39 is 11.5 Å². The van der Waals surface area contributed by atoms with Gasteiger partial charge in [-0.25, -0.2) is 4.79 Å². The minimum absolute atomic E-state index is 0.258. The van der Waals surface area contributed by atoms with Gasteiger partial charge >= 0.3 is 5.97 Å². The smallest absolute Gasteiger partial charge is 0.341 e. The van der Waals surface area contributed by atoms with Crippen molar-refractivity contribution in [2.24, 2.45) is 0 Å². The number of rotatable bonds is 2. The van der Waals surface area contributed by atoms with Crippen molar-refractivity contribution in [2.75, 3.05) is 0 Å². The van der Waals surface area contributed by atoms with Crippen LogP contribution in [0.15, 0.2) is 45.7 Å².